The first-order chi connectivity index (χ1) is 13.5. The molecule has 5 nitrogen and oxygen atoms in total. The van der Waals surface area contributed by atoms with Crippen LogP contribution in [-0.4, -0.2) is 17.3 Å². The second-order valence-electron chi connectivity index (χ2n) is 5.82. The number of carboxylic acid groups (broad SMARTS) is 1. The van der Waals surface area contributed by atoms with Crippen LogP contribution in [0.15, 0.2) is 71.8 Å². The van der Waals surface area contributed by atoms with Gasteiger partial charge < -0.3 is 9.84 Å². The molecule has 0 aliphatic carbocycles. The molecule has 3 aromatic carbocycles. The molecule has 28 heavy (non-hydrogen) atoms. The molecule has 3 aromatic rings. The van der Waals surface area contributed by atoms with E-state index < -0.39 is 5.97 Å². The molecule has 0 heterocycles. The fourth-order valence-corrected chi connectivity index (χ4v) is 2.76. The van der Waals surface area contributed by atoms with Gasteiger partial charge in [-0.3, -0.25) is 5.43 Å². The van der Waals surface area contributed by atoms with Gasteiger partial charge in [-0.15, -0.1) is 0 Å². The van der Waals surface area contributed by atoms with Gasteiger partial charge in [-0.25, -0.2) is 4.79 Å². The van der Waals surface area contributed by atoms with Crippen molar-refractivity contribution in [2.75, 3.05) is 5.43 Å². The van der Waals surface area contributed by atoms with Gasteiger partial charge in [-0.2, -0.15) is 5.10 Å². The van der Waals surface area contributed by atoms with Crippen LogP contribution >= 0.6 is 23.2 Å². The lowest BCUT2D eigenvalue weighted by molar-refractivity contribution is 0.0697. The zero-order chi connectivity index (χ0) is 19.9. The Morgan fingerprint density at radius 2 is 1.79 bits per heavy atom. The molecule has 7 heteroatoms. The summed E-state index contributed by atoms with van der Waals surface area (Å²) < 4.78 is 5.74. The minimum Gasteiger partial charge on any atom is -0.489 e. The number of halogens is 2. The molecule has 0 amide bonds. The third kappa shape index (κ3) is 5.25. The average Bonchev–Trinajstić information content (AvgIpc) is 2.69. The summed E-state index contributed by atoms with van der Waals surface area (Å²) in [4.78, 5) is 11.1. The molecule has 2 N–H and O–H groups in total. The minimum absolute atomic E-state index is 0.0156. The van der Waals surface area contributed by atoms with E-state index in [1.54, 1.807) is 12.3 Å². The van der Waals surface area contributed by atoms with Crippen LogP contribution in [0.4, 0.5) is 5.69 Å². The Kier molecular flexibility index (Phi) is 6.53. The molecule has 0 saturated heterocycles. The van der Waals surface area contributed by atoms with Crippen LogP contribution in [0.1, 0.15) is 21.5 Å². The van der Waals surface area contributed by atoms with E-state index in [1.807, 2.05) is 48.5 Å². The summed E-state index contributed by atoms with van der Waals surface area (Å²) in [5, 5.41) is 14.0. The fourth-order valence-electron chi connectivity index (χ4n) is 2.37. The lowest BCUT2D eigenvalue weighted by Crippen LogP contribution is -1.99. The van der Waals surface area contributed by atoms with E-state index in [9.17, 15) is 4.79 Å². The Labute approximate surface area is 172 Å². The van der Waals surface area contributed by atoms with Crippen molar-refractivity contribution < 1.29 is 14.6 Å². The number of hydrazone groups is 1. The normalized spacial score (nSPS) is 10.8. The summed E-state index contributed by atoms with van der Waals surface area (Å²) in [7, 11) is 0. The second kappa shape index (κ2) is 9.26. The molecule has 0 aromatic heterocycles. The van der Waals surface area contributed by atoms with Crippen molar-refractivity contribution >= 4 is 41.1 Å². The zero-order valence-corrected chi connectivity index (χ0v) is 16.1. The number of carbonyl (C=O) groups is 1. The molecular weight excluding hydrogens is 399 g/mol. The van der Waals surface area contributed by atoms with Gasteiger partial charge >= 0.3 is 5.97 Å². The number of anilines is 1. The van der Waals surface area contributed by atoms with Gasteiger partial charge in [0.25, 0.3) is 0 Å². The van der Waals surface area contributed by atoms with Crippen molar-refractivity contribution in [2.24, 2.45) is 5.10 Å². The first kappa shape index (κ1) is 19.7. The van der Waals surface area contributed by atoms with Crippen LogP contribution < -0.4 is 10.2 Å². The summed E-state index contributed by atoms with van der Waals surface area (Å²) in [6.45, 7) is 0.386. The molecule has 0 fully saturated rings. The van der Waals surface area contributed by atoms with Crippen LogP contribution in [0, 0.1) is 0 Å². The maximum atomic E-state index is 11.1. The Bertz CT molecular complexity index is 1000. The van der Waals surface area contributed by atoms with Crippen LogP contribution in [0.3, 0.4) is 0 Å². The Hall–Kier alpha value is -3.02. The van der Waals surface area contributed by atoms with Gasteiger partial charge in [0.1, 0.15) is 12.4 Å². The number of hydrogen-bond acceptors (Lipinski definition) is 4. The van der Waals surface area contributed by atoms with Crippen molar-refractivity contribution in [3.05, 3.63) is 93.5 Å². The van der Waals surface area contributed by atoms with Gasteiger partial charge in [-0.05, 0) is 54.1 Å². The number of aromatic carboxylic acids is 1. The number of carboxylic acids is 1. The first-order valence-corrected chi connectivity index (χ1v) is 9.07. The minimum atomic E-state index is -1.09. The van der Waals surface area contributed by atoms with Gasteiger partial charge in [-0.1, -0.05) is 41.4 Å². The zero-order valence-electron chi connectivity index (χ0n) is 14.6. The highest BCUT2D eigenvalue weighted by atomic mass is 35.5. The average molecular weight is 415 g/mol. The second-order valence-corrected chi connectivity index (χ2v) is 6.63. The molecule has 142 valence electrons. The van der Waals surface area contributed by atoms with E-state index >= 15 is 0 Å². The monoisotopic (exact) mass is 414 g/mol. The highest BCUT2D eigenvalue weighted by Crippen LogP contribution is 2.21. The maximum Gasteiger partial charge on any atom is 0.337 e. The molecule has 0 radical (unpaired) electrons. The van der Waals surface area contributed by atoms with E-state index in [-0.39, 0.29) is 10.6 Å². The van der Waals surface area contributed by atoms with Gasteiger partial charge in [0.2, 0.25) is 0 Å². The summed E-state index contributed by atoms with van der Waals surface area (Å²) in [6.07, 6.45) is 1.62. The number of nitrogens with one attached hydrogen (secondary N) is 1. The highest BCUT2D eigenvalue weighted by Gasteiger charge is 2.08. The van der Waals surface area contributed by atoms with E-state index in [1.165, 1.54) is 12.1 Å². The van der Waals surface area contributed by atoms with E-state index in [0.29, 0.717) is 23.1 Å². The highest BCUT2D eigenvalue weighted by molar-refractivity contribution is 6.33. The molecule has 0 saturated carbocycles. The lowest BCUT2D eigenvalue weighted by atomic mass is 10.2. The third-order valence-corrected chi connectivity index (χ3v) is 4.53. The third-order valence-electron chi connectivity index (χ3n) is 3.84. The predicted molar refractivity (Wildman–Crippen MR) is 112 cm³/mol. The molecule has 0 spiro atoms. The standard InChI is InChI=1S/C21H16Cl2N2O3/c22-19-4-2-1-3-15(19)13-28-17-8-5-14(6-9-17)12-24-25-16-7-10-20(23)18(11-16)21(26)27/h1-12,25H,13H2,(H,26,27). The largest absolute Gasteiger partial charge is 0.489 e. The van der Waals surface area contributed by atoms with Crippen molar-refractivity contribution in [3.8, 4) is 5.75 Å². The lowest BCUT2D eigenvalue weighted by Gasteiger charge is -2.08. The number of rotatable bonds is 7. The van der Waals surface area contributed by atoms with E-state index in [4.69, 9.17) is 33.0 Å². The summed E-state index contributed by atoms with van der Waals surface area (Å²) in [6, 6.07) is 19.5. The quantitative estimate of drug-likeness (QED) is 0.383. The summed E-state index contributed by atoms with van der Waals surface area (Å²) >= 11 is 12.0. The molecule has 0 aliphatic heterocycles. The number of ether oxygens (including phenoxy) is 1. The number of hydrogen-bond donors (Lipinski definition) is 2. The van der Waals surface area contributed by atoms with Gasteiger partial charge in [0, 0.05) is 10.6 Å². The van der Waals surface area contributed by atoms with Crippen LogP contribution in [-0.2, 0) is 6.61 Å². The van der Waals surface area contributed by atoms with Gasteiger partial charge in [0.15, 0.2) is 0 Å². The summed E-state index contributed by atoms with van der Waals surface area (Å²) in [5.74, 6) is -0.376. The Morgan fingerprint density at radius 3 is 2.50 bits per heavy atom. The number of benzene rings is 3. The van der Waals surface area contributed by atoms with E-state index in [0.717, 1.165) is 11.1 Å². The van der Waals surface area contributed by atoms with Crippen molar-refractivity contribution in [2.45, 2.75) is 6.61 Å². The van der Waals surface area contributed by atoms with E-state index in [2.05, 4.69) is 10.5 Å². The predicted octanol–water partition coefficient (Wildman–Crippen LogP) is 5.72. The molecule has 0 aliphatic rings. The Morgan fingerprint density at radius 1 is 1.04 bits per heavy atom. The topological polar surface area (TPSA) is 70.9 Å². The maximum absolute atomic E-state index is 11.1. The summed E-state index contributed by atoms with van der Waals surface area (Å²) in [5.41, 5.74) is 5.10. The van der Waals surface area contributed by atoms with Gasteiger partial charge in [0.05, 0.1) is 22.5 Å². The first-order valence-electron chi connectivity index (χ1n) is 8.31. The van der Waals surface area contributed by atoms with Crippen molar-refractivity contribution in [3.63, 3.8) is 0 Å². The molecular formula is C21H16Cl2N2O3. The Balaban J connectivity index is 1.57. The smallest absolute Gasteiger partial charge is 0.337 e. The van der Waals surface area contributed by atoms with Crippen molar-refractivity contribution in [1.82, 2.24) is 0 Å². The van der Waals surface area contributed by atoms with Crippen LogP contribution in [0.2, 0.25) is 10.0 Å². The molecule has 3 rings (SSSR count). The fraction of sp³-hybridized carbons (Fsp3) is 0.0476. The van der Waals surface area contributed by atoms with Crippen LogP contribution in [0.5, 0.6) is 5.75 Å². The molecule has 0 bridgehead atoms. The SMILES string of the molecule is O=C(O)c1cc(NN=Cc2ccc(OCc3ccccc3Cl)cc2)ccc1Cl. The van der Waals surface area contributed by atoms with Crippen molar-refractivity contribution in [1.29, 1.82) is 0 Å². The van der Waals surface area contributed by atoms with Crippen LogP contribution in [0.25, 0.3) is 0 Å². The molecule has 0 unspecified atom stereocenters. The molecule has 0 atom stereocenters. The number of nitrogens with zero attached hydrogens (tertiary/aromatic N) is 1.